The molecule has 1 aliphatic rings. The molecule has 1 N–H and O–H groups in total. The Balaban J connectivity index is 1.60. The van der Waals surface area contributed by atoms with Crippen molar-refractivity contribution in [3.8, 4) is 16.6 Å². The highest BCUT2D eigenvalue weighted by atomic mass is 32.1. The molecular formula is C18H19N3O3S2. The minimum atomic E-state index is -0.985. The van der Waals surface area contributed by atoms with Gasteiger partial charge in [-0.05, 0) is 31.2 Å². The Kier molecular flexibility index (Phi) is 5.69. The number of thiazole rings is 1. The second kappa shape index (κ2) is 7.98. The first kappa shape index (κ1) is 18.5. The summed E-state index contributed by atoms with van der Waals surface area (Å²) >= 11 is 2.91. The highest BCUT2D eigenvalue weighted by Gasteiger charge is 2.35. The summed E-state index contributed by atoms with van der Waals surface area (Å²) in [7, 11) is 0. The Bertz CT molecular complexity index is 817. The van der Waals surface area contributed by atoms with E-state index in [2.05, 4.69) is 16.4 Å². The highest BCUT2D eigenvalue weighted by Crippen LogP contribution is 2.28. The van der Waals surface area contributed by atoms with E-state index >= 15 is 0 Å². The van der Waals surface area contributed by atoms with Gasteiger partial charge in [-0.25, -0.2) is 9.78 Å². The van der Waals surface area contributed by atoms with Crippen molar-refractivity contribution >= 4 is 34.6 Å². The smallest absolute Gasteiger partial charge is 0.358 e. The maximum Gasteiger partial charge on any atom is 0.358 e. The largest absolute Gasteiger partial charge is 0.448 e. The van der Waals surface area contributed by atoms with Crippen LogP contribution in [0.4, 0.5) is 0 Å². The van der Waals surface area contributed by atoms with E-state index in [0.29, 0.717) is 12.8 Å². The molecule has 1 saturated carbocycles. The molecule has 3 rings (SSSR count). The summed E-state index contributed by atoms with van der Waals surface area (Å²) in [5.74, 6) is -1.09. The van der Waals surface area contributed by atoms with E-state index in [-0.39, 0.29) is 5.69 Å². The fourth-order valence-electron chi connectivity index (χ4n) is 2.92. The summed E-state index contributed by atoms with van der Waals surface area (Å²) in [4.78, 5) is 28.9. The van der Waals surface area contributed by atoms with Crippen molar-refractivity contribution in [1.82, 2.24) is 10.3 Å². The van der Waals surface area contributed by atoms with Crippen LogP contribution in [-0.2, 0) is 9.53 Å². The molecule has 26 heavy (non-hydrogen) atoms. The van der Waals surface area contributed by atoms with Crippen LogP contribution in [0.2, 0.25) is 0 Å². The van der Waals surface area contributed by atoms with Crippen molar-refractivity contribution < 1.29 is 14.3 Å². The summed E-state index contributed by atoms with van der Waals surface area (Å²) in [6.45, 7) is 1.51. The number of nitrogens with zero attached hydrogens (tertiary/aromatic N) is 2. The summed E-state index contributed by atoms with van der Waals surface area (Å²) in [5.41, 5.74) is 0.296. The Morgan fingerprint density at radius 2 is 2.12 bits per heavy atom. The zero-order valence-corrected chi connectivity index (χ0v) is 16.0. The number of amides is 1. The number of rotatable bonds is 5. The van der Waals surface area contributed by atoms with E-state index in [1.165, 1.54) is 18.3 Å². The van der Waals surface area contributed by atoms with Crippen LogP contribution >= 0.6 is 22.7 Å². The van der Waals surface area contributed by atoms with Gasteiger partial charge in [0.1, 0.15) is 10.5 Å². The molecule has 1 fully saturated rings. The van der Waals surface area contributed by atoms with Crippen molar-refractivity contribution in [3.05, 3.63) is 27.9 Å². The number of carbonyl (C=O) groups excluding carboxylic acids is 2. The van der Waals surface area contributed by atoms with Crippen molar-refractivity contribution in [1.29, 1.82) is 5.26 Å². The molecule has 1 atom stereocenters. The number of esters is 1. The van der Waals surface area contributed by atoms with Gasteiger partial charge < -0.3 is 10.1 Å². The zero-order valence-electron chi connectivity index (χ0n) is 14.4. The van der Waals surface area contributed by atoms with Gasteiger partial charge in [-0.1, -0.05) is 19.3 Å². The Morgan fingerprint density at radius 3 is 2.77 bits per heavy atom. The predicted molar refractivity (Wildman–Crippen MR) is 99.9 cm³/mol. The maximum atomic E-state index is 12.4. The molecule has 1 amide bonds. The summed E-state index contributed by atoms with van der Waals surface area (Å²) in [6.07, 6.45) is 3.16. The third-order valence-corrected chi connectivity index (χ3v) is 5.99. The number of aromatic nitrogens is 1. The van der Waals surface area contributed by atoms with Crippen molar-refractivity contribution in [2.75, 3.05) is 0 Å². The fourth-order valence-corrected chi connectivity index (χ4v) is 4.42. The standard InChI is InChI=1S/C18H19N3O3S2/c1-12(15(22)21-18(11-19)6-3-2-4-7-18)24-17(23)14-10-26-16(20-14)13-5-8-25-9-13/h5,8-10,12H,2-4,6-7H2,1H3,(H,21,22). The lowest BCUT2D eigenvalue weighted by molar-refractivity contribution is -0.130. The van der Waals surface area contributed by atoms with Gasteiger partial charge in [-0.15, -0.1) is 11.3 Å². The Hall–Kier alpha value is -2.24. The van der Waals surface area contributed by atoms with Gasteiger partial charge in [-0.2, -0.15) is 16.6 Å². The van der Waals surface area contributed by atoms with Gasteiger partial charge in [0.15, 0.2) is 11.8 Å². The van der Waals surface area contributed by atoms with Gasteiger partial charge in [-0.3, -0.25) is 4.79 Å². The highest BCUT2D eigenvalue weighted by molar-refractivity contribution is 7.14. The molecule has 0 aromatic carbocycles. The molecule has 136 valence electrons. The molecule has 0 spiro atoms. The number of nitrogens with one attached hydrogen (secondary N) is 1. The van der Waals surface area contributed by atoms with Crippen LogP contribution in [0.5, 0.6) is 0 Å². The van der Waals surface area contributed by atoms with Crippen LogP contribution in [0, 0.1) is 11.3 Å². The quantitative estimate of drug-likeness (QED) is 0.786. The van der Waals surface area contributed by atoms with Gasteiger partial charge >= 0.3 is 5.97 Å². The second-order valence-corrected chi connectivity index (χ2v) is 7.98. The summed E-state index contributed by atoms with van der Waals surface area (Å²) in [5, 5.41) is 18.5. The first-order valence-electron chi connectivity index (χ1n) is 8.45. The summed E-state index contributed by atoms with van der Waals surface area (Å²) in [6, 6.07) is 4.16. The lowest BCUT2D eigenvalue weighted by atomic mass is 9.83. The second-order valence-electron chi connectivity index (χ2n) is 6.34. The molecule has 2 heterocycles. The van der Waals surface area contributed by atoms with E-state index in [4.69, 9.17) is 4.74 Å². The third-order valence-electron chi connectivity index (χ3n) is 4.42. The topological polar surface area (TPSA) is 92.1 Å². The van der Waals surface area contributed by atoms with Crippen LogP contribution in [0.3, 0.4) is 0 Å². The number of carbonyl (C=O) groups is 2. The molecule has 0 saturated heterocycles. The van der Waals surface area contributed by atoms with Gasteiger partial charge in [0, 0.05) is 16.3 Å². The van der Waals surface area contributed by atoms with E-state index in [0.717, 1.165) is 29.8 Å². The molecule has 2 aromatic rings. The average molecular weight is 390 g/mol. The number of hydrogen-bond donors (Lipinski definition) is 1. The number of nitriles is 1. The molecular weight excluding hydrogens is 370 g/mol. The molecule has 1 unspecified atom stereocenters. The minimum Gasteiger partial charge on any atom is -0.448 e. The van der Waals surface area contributed by atoms with Gasteiger partial charge in [0.05, 0.1) is 6.07 Å². The predicted octanol–water partition coefficient (Wildman–Crippen LogP) is 3.76. The van der Waals surface area contributed by atoms with Crippen molar-refractivity contribution in [3.63, 3.8) is 0 Å². The lowest BCUT2D eigenvalue weighted by Crippen LogP contribution is -2.52. The monoisotopic (exact) mass is 389 g/mol. The molecule has 0 radical (unpaired) electrons. The first-order chi connectivity index (χ1) is 12.5. The molecule has 8 heteroatoms. The SMILES string of the molecule is CC(OC(=O)c1csc(-c2ccsc2)n1)C(=O)NC1(C#N)CCCCC1. The number of hydrogen-bond acceptors (Lipinski definition) is 7. The average Bonchev–Trinajstić information content (AvgIpc) is 3.33. The van der Waals surface area contributed by atoms with Crippen LogP contribution in [0.1, 0.15) is 49.5 Å². The van der Waals surface area contributed by atoms with Crippen molar-refractivity contribution in [2.45, 2.75) is 50.7 Å². The lowest BCUT2D eigenvalue weighted by Gasteiger charge is -2.32. The van der Waals surface area contributed by atoms with Crippen LogP contribution in [-0.4, -0.2) is 28.5 Å². The van der Waals surface area contributed by atoms with E-state index in [1.807, 2.05) is 16.8 Å². The Labute approximate surface area is 159 Å². The molecule has 6 nitrogen and oxygen atoms in total. The van der Waals surface area contributed by atoms with Crippen LogP contribution in [0.15, 0.2) is 22.2 Å². The van der Waals surface area contributed by atoms with E-state index < -0.39 is 23.5 Å². The van der Waals surface area contributed by atoms with E-state index in [1.54, 1.807) is 16.7 Å². The fraction of sp³-hybridized carbons (Fsp3) is 0.444. The van der Waals surface area contributed by atoms with Gasteiger partial charge in [0.2, 0.25) is 0 Å². The minimum absolute atomic E-state index is 0.184. The van der Waals surface area contributed by atoms with E-state index in [9.17, 15) is 14.9 Å². The normalized spacial score (nSPS) is 17.1. The van der Waals surface area contributed by atoms with Crippen LogP contribution in [0.25, 0.3) is 10.6 Å². The first-order valence-corrected chi connectivity index (χ1v) is 10.3. The van der Waals surface area contributed by atoms with Crippen LogP contribution < -0.4 is 5.32 Å². The maximum absolute atomic E-state index is 12.4. The summed E-state index contributed by atoms with van der Waals surface area (Å²) < 4.78 is 5.25. The zero-order chi connectivity index (χ0) is 18.6. The number of thiophene rings is 1. The Morgan fingerprint density at radius 1 is 1.35 bits per heavy atom. The molecule has 1 aliphatic carbocycles. The van der Waals surface area contributed by atoms with Crippen molar-refractivity contribution in [2.24, 2.45) is 0 Å². The third kappa shape index (κ3) is 4.11. The molecule has 2 aromatic heterocycles. The molecule has 0 bridgehead atoms. The van der Waals surface area contributed by atoms with Gasteiger partial charge in [0.25, 0.3) is 5.91 Å². The number of ether oxygens (including phenoxy) is 1. The molecule has 0 aliphatic heterocycles.